The number of alkyl halides is 2. The summed E-state index contributed by atoms with van der Waals surface area (Å²) in [6, 6.07) is 1.55. The Bertz CT molecular complexity index is 1010. The Morgan fingerprint density at radius 3 is 2.58 bits per heavy atom. The average molecular weight is 507 g/mol. The first-order valence-electron chi connectivity index (χ1n) is 13.0. The monoisotopic (exact) mass is 506 g/mol. The highest BCUT2D eigenvalue weighted by Gasteiger charge is 2.44. The average Bonchev–Trinajstić information content (AvgIpc) is 3.20. The van der Waals surface area contributed by atoms with Crippen molar-refractivity contribution in [1.82, 2.24) is 25.3 Å². The highest BCUT2D eigenvalue weighted by atomic mass is 19.3. The molecule has 0 spiro atoms. The molecule has 0 aromatic carbocycles. The Balaban J connectivity index is 1.54. The normalized spacial score (nSPS) is 25.9. The number of halogens is 2. The molecule has 8 nitrogen and oxygen atoms in total. The number of fused-ring (bicyclic) bond motifs is 1. The molecule has 200 valence electrons. The summed E-state index contributed by atoms with van der Waals surface area (Å²) in [6.07, 6.45) is 0.539. The second-order valence-electron chi connectivity index (χ2n) is 12.3. The van der Waals surface area contributed by atoms with E-state index in [-0.39, 0.29) is 48.0 Å². The molecule has 4 rings (SSSR count). The summed E-state index contributed by atoms with van der Waals surface area (Å²) in [7, 11) is 0. The van der Waals surface area contributed by atoms with Gasteiger partial charge < -0.3 is 15.1 Å². The van der Waals surface area contributed by atoms with Crippen LogP contribution in [0, 0.1) is 5.41 Å². The van der Waals surface area contributed by atoms with Crippen molar-refractivity contribution in [3.05, 3.63) is 17.5 Å². The van der Waals surface area contributed by atoms with Gasteiger partial charge in [-0.1, -0.05) is 41.0 Å². The minimum atomic E-state index is -3.09. The molecule has 36 heavy (non-hydrogen) atoms. The SMILES string of the molecule is CCCC(F)(F)c1cc2c(nn1)C(C)(C)CN2C(=O)CN1CC(C)NCC1CN1CC(C)(C)CC1=O. The maximum absolute atomic E-state index is 14.6. The van der Waals surface area contributed by atoms with Gasteiger partial charge in [0.1, 0.15) is 5.69 Å². The Kier molecular flexibility index (Phi) is 7.16. The summed E-state index contributed by atoms with van der Waals surface area (Å²) in [5.41, 5.74) is 0.0861. The van der Waals surface area contributed by atoms with Crippen LogP contribution in [0.3, 0.4) is 0 Å². The third kappa shape index (κ3) is 5.39. The van der Waals surface area contributed by atoms with Crippen molar-refractivity contribution in [3.8, 4) is 0 Å². The first-order valence-corrected chi connectivity index (χ1v) is 13.0. The predicted molar refractivity (Wildman–Crippen MR) is 134 cm³/mol. The first-order chi connectivity index (χ1) is 16.7. The van der Waals surface area contributed by atoms with Gasteiger partial charge in [-0.05, 0) is 18.4 Å². The topological polar surface area (TPSA) is 81.7 Å². The van der Waals surface area contributed by atoms with Crippen LogP contribution in [0.5, 0.6) is 0 Å². The van der Waals surface area contributed by atoms with Crippen molar-refractivity contribution in [2.45, 2.75) is 84.2 Å². The lowest BCUT2D eigenvalue weighted by molar-refractivity contribution is -0.128. The molecular formula is C26H40F2N6O2. The lowest BCUT2D eigenvalue weighted by atomic mass is 9.91. The molecule has 1 N–H and O–H groups in total. The van der Waals surface area contributed by atoms with E-state index in [1.54, 1.807) is 11.8 Å². The lowest BCUT2D eigenvalue weighted by Gasteiger charge is -2.41. The Hall–Kier alpha value is -2.20. The lowest BCUT2D eigenvalue weighted by Crippen LogP contribution is -2.61. The number of rotatable bonds is 7. The zero-order chi connectivity index (χ0) is 26.5. The van der Waals surface area contributed by atoms with Gasteiger partial charge in [0.05, 0.1) is 17.9 Å². The maximum Gasteiger partial charge on any atom is 0.291 e. The van der Waals surface area contributed by atoms with Gasteiger partial charge in [-0.3, -0.25) is 14.5 Å². The third-order valence-electron chi connectivity index (χ3n) is 7.60. The molecule has 2 unspecified atom stereocenters. The fourth-order valence-corrected chi connectivity index (χ4v) is 5.74. The van der Waals surface area contributed by atoms with Gasteiger partial charge >= 0.3 is 0 Å². The van der Waals surface area contributed by atoms with Crippen LogP contribution < -0.4 is 10.2 Å². The smallest absolute Gasteiger partial charge is 0.291 e. The van der Waals surface area contributed by atoms with E-state index in [0.29, 0.717) is 56.9 Å². The van der Waals surface area contributed by atoms with Gasteiger partial charge in [-0.25, -0.2) is 0 Å². The molecule has 4 heterocycles. The van der Waals surface area contributed by atoms with Gasteiger partial charge in [0.25, 0.3) is 5.92 Å². The van der Waals surface area contributed by atoms with Crippen LogP contribution in [0.1, 0.15) is 72.2 Å². The van der Waals surface area contributed by atoms with E-state index in [2.05, 4.69) is 41.2 Å². The first kappa shape index (κ1) is 26.9. The largest absolute Gasteiger partial charge is 0.341 e. The number of nitrogens with zero attached hydrogens (tertiary/aromatic N) is 5. The molecule has 0 aliphatic carbocycles. The number of likely N-dealkylation sites (tertiary alicyclic amines) is 1. The number of carbonyl (C=O) groups excluding carboxylic acids is 2. The summed E-state index contributed by atoms with van der Waals surface area (Å²) in [5, 5.41) is 11.5. The summed E-state index contributed by atoms with van der Waals surface area (Å²) in [5.74, 6) is -3.08. The van der Waals surface area contributed by atoms with Crippen LogP contribution >= 0.6 is 0 Å². The molecule has 3 aliphatic heterocycles. The van der Waals surface area contributed by atoms with Gasteiger partial charge in [-0.2, -0.15) is 13.9 Å². The molecule has 0 saturated carbocycles. The van der Waals surface area contributed by atoms with Crippen LogP contribution in [0.4, 0.5) is 14.5 Å². The van der Waals surface area contributed by atoms with Crippen molar-refractivity contribution in [3.63, 3.8) is 0 Å². The van der Waals surface area contributed by atoms with Crippen molar-refractivity contribution < 1.29 is 18.4 Å². The van der Waals surface area contributed by atoms with E-state index in [1.165, 1.54) is 6.07 Å². The number of nitrogens with one attached hydrogen (secondary N) is 1. The molecule has 2 fully saturated rings. The molecule has 2 amide bonds. The highest BCUT2D eigenvalue weighted by molar-refractivity contribution is 5.97. The molecule has 2 atom stereocenters. The van der Waals surface area contributed by atoms with Crippen LogP contribution in [-0.2, 0) is 20.9 Å². The number of hydrogen-bond donors (Lipinski definition) is 1. The molecule has 10 heteroatoms. The Labute approximate surface area is 212 Å². The Morgan fingerprint density at radius 1 is 1.22 bits per heavy atom. The minimum Gasteiger partial charge on any atom is -0.341 e. The number of hydrogen-bond acceptors (Lipinski definition) is 6. The van der Waals surface area contributed by atoms with Crippen LogP contribution in [0.15, 0.2) is 6.07 Å². The van der Waals surface area contributed by atoms with Crippen molar-refractivity contribution >= 4 is 17.5 Å². The van der Waals surface area contributed by atoms with E-state index in [1.807, 2.05) is 18.7 Å². The second-order valence-corrected chi connectivity index (χ2v) is 12.3. The summed E-state index contributed by atoms with van der Waals surface area (Å²) >= 11 is 0. The molecule has 2 saturated heterocycles. The fourth-order valence-electron chi connectivity index (χ4n) is 5.74. The number of anilines is 1. The zero-order valence-electron chi connectivity index (χ0n) is 22.4. The highest BCUT2D eigenvalue weighted by Crippen LogP contribution is 2.42. The van der Waals surface area contributed by atoms with Crippen molar-refractivity contribution in [1.29, 1.82) is 0 Å². The maximum atomic E-state index is 14.6. The van der Waals surface area contributed by atoms with Gasteiger partial charge in [0, 0.05) is 63.1 Å². The zero-order valence-corrected chi connectivity index (χ0v) is 22.4. The fraction of sp³-hybridized carbons (Fsp3) is 0.769. The summed E-state index contributed by atoms with van der Waals surface area (Å²) in [4.78, 5) is 31.9. The van der Waals surface area contributed by atoms with E-state index in [9.17, 15) is 18.4 Å². The summed E-state index contributed by atoms with van der Waals surface area (Å²) < 4.78 is 29.3. The van der Waals surface area contributed by atoms with E-state index in [0.717, 1.165) is 0 Å². The standard InChI is InChI=1S/C26H40F2N6O2/c1-7-8-26(27,28)20-9-19-23(31-30-20)25(5,6)16-34(19)22(36)14-32-12-17(2)29-11-18(32)13-33-15-24(3,4)10-21(33)35/h9,17-18,29H,7-8,10-16H2,1-6H3. The van der Waals surface area contributed by atoms with E-state index < -0.39 is 11.3 Å². The molecule has 0 bridgehead atoms. The number of piperazine rings is 1. The molecule has 0 radical (unpaired) electrons. The number of carbonyl (C=O) groups is 2. The minimum absolute atomic E-state index is 0.00176. The summed E-state index contributed by atoms with van der Waals surface area (Å²) in [6.45, 7) is 15.0. The Morgan fingerprint density at radius 2 is 1.94 bits per heavy atom. The van der Waals surface area contributed by atoms with Crippen molar-refractivity contribution in [2.75, 3.05) is 44.2 Å². The molecule has 1 aromatic rings. The van der Waals surface area contributed by atoms with Gasteiger partial charge in [-0.15, -0.1) is 5.10 Å². The van der Waals surface area contributed by atoms with Crippen LogP contribution in [0.2, 0.25) is 0 Å². The quantitative estimate of drug-likeness (QED) is 0.613. The van der Waals surface area contributed by atoms with Gasteiger partial charge in [0.2, 0.25) is 11.8 Å². The second kappa shape index (κ2) is 9.59. The third-order valence-corrected chi connectivity index (χ3v) is 7.60. The molecule has 1 aromatic heterocycles. The van der Waals surface area contributed by atoms with Gasteiger partial charge in [0.15, 0.2) is 0 Å². The van der Waals surface area contributed by atoms with Crippen LogP contribution in [-0.4, -0.2) is 83.2 Å². The predicted octanol–water partition coefficient (Wildman–Crippen LogP) is 2.91. The van der Waals surface area contributed by atoms with Crippen molar-refractivity contribution in [2.24, 2.45) is 5.41 Å². The molecular weight excluding hydrogens is 466 g/mol. The van der Waals surface area contributed by atoms with Crippen LogP contribution in [0.25, 0.3) is 0 Å². The van der Waals surface area contributed by atoms with E-state index in [4.69, 9.17) is 0 Å². The number of aromatic nitrogens is 2. The van der Waals surface area contributed by atoms with E-state index >= 15 is 0 Å². The molecule has 3 aliphatic rings. The number of amides is 2.